The van der Waals surface area contributed by atoms with E-state index in [1.807, 2.05) is 0 Å². The normalized spacial score (nSPS) is 34.9. The molecule has 0 unspecified atom stereocenters. The highest BCUT2D eigenvalue weighted by Gasteiger charge is 2.39. The third kappa shape index (κ3) is 3.04. The zero-order valence-electron chi connectivity index (χ0n) is 11.1. The minimum absolute atomic E-state index is 0.104. The summed E-state index contributed by atoms with van der Waals surface area (Å²) in [6, 6.07) is 0. The molecule has 0 atom stereocenters. The van der Waals surface area contributed by atoms with Gasteiger partial charge < -0.3 is 5.11 Å². The molecule has 1 saturated heterocycles. The van der Waals surface area contributed by atoms with Gasteiger partial charge in [0.1, 0.15) is 0 Å². The second kappa shape index (κ2) is 5.45. The van der Waals surface area contributed by atoms with Crippen LogP contribution in [-0.2, 0) is 10.2 Å². The first-order valence-electron chi connectivity index (χ1n) is 6.87. The van der Waals surface area contributed by atoms with E-state index in [0.717, 1.165) is 38.5 Å². The first-order chi connectivity index (χ1) is 8.47. The van der Waals surface area contributed by atoms with Crippen LogP contribution in [0.15, 0.2) is 0 Å². The van der Waals surface area contributed by atoms with E-state index in [-0.39, 0.29) is 6.61 Å². The summed E-state index contributed by atoms with van der Waals surface area (Å²) in [5.41, 5.74) is -0.631. The molecule has 0 amide bonds. The van der Waals surface area contributed by atoms with Gasteiger partial charge in [-0.2, -0.15) is 17.4 Å². The average molecular weight is 276 g/mol. The minimum Gasteiger partial charge on any atom is -0.394 e. The predicted molar refractivity (Wildman–Crippen MR) is 70.3 cm³/mol. The van der Waals surface area contributed by atoms with E-state index in [2.05, 4.69) is 11.6 Å². The van der Waals surface area contributed by atoms with Crippen LogP contribution in [0.3, 0.4) is 0 Å². The smallest absolute Gasteiger partial charge is 0.280 e. The van der Waals surface area contributed by atoms with Gasteiger partial charge in [0, 0.05) is 13.1 Å². The number of nitrogens with zero attached hydrogens (tertiary/aromatic N) is 1. The summed E-state index contributed by atoms with van der Waals surface area (Å²) in [5, 5.41) is 9.59. The number of hydrogen-bond donors (Lipinski definition) is 2. The first-order valence-corrected chi connectivity index (χ1v) is 8.31. The summed E-state index contributed by atoms with van der Waals surface area (Å²) in [5.74, 6) is 0.626. The van der Waals surface area contributed by atoms with Crippen molar-refractivity contribution >= 4 is 10.2 Å². The first kappa shape index (κ1) is 14.2. The Hall–Kier alpha value is -0.170. The van der Waals surface area contributed by atoms with Gasteiger partial charge in [-0.1, -0.05) is 6.92 Å². The Morgan fingerprint density at radius 2 is 1.83 bits per heavy atom. The zero-order chi connectivity index (χ0) is 13.2. The molecule has 106 valence electrons. The Morgan fingerprint density at radius 3 is 2.33 bits per heavy atom. The van der Waals surface area contributed by atoms with E-state index < -0.39 is 15.7 Å². The van der Waals surface area contributed by atoms with Crippen LogP contribution < -0.4 is 4.72 Å². The molecular formula is C12H24N2O3S. The van der Waals surface area contributed by atoms with Crippen LogP contribution in [0.5, 0.6) is 0 Å². The van der Waals surface area contributed by atoms with Crippen LogP contribution in [0.1, 0.15) is 45.4 Å². The largest absolute Gasteiger partial charge is 0.394 e. The topological polar surface area (TPSA) is 69.6 Å². The van der Waals surface area contributed by atoms with E-state index >= 15 is 0 Å². The summed E-state index contributed by atoms with van der Waals surface area (Å²) in [4.78, 5) is 0. The van der Waals surface area contributed by atoms with Gasteiger partial charge >= 0.3 is 0 Å². The molecule has 2 rings (SSSR count). The van der Waals surface area contributed by atoms with Crippen molar-refractivity contribution in [2.45, 2.75) is 51.0 Å². The number of nitrogens with one attached hydrogen (secondary N) is 1. The molecule has 1 saturated carbocycles. The van der Waals surface area contributed by atoms with Crippen molar-refractivity contribution in [3.8, 4) is 0 Å². The Labute approximate surface area is 110 Å². The Balaban J connectivity index is 2.05. The minimum atomic E-state index is -3.42. The SMILES string of the molecule is CC1CCC(CO)(NS(=O)(=O)N2CCCC2)CC1. The molecule has 18 heavy (non-hydrogen) atoms. The Morgan fingerprint density at radius 1 is 1.28 bits per heavy atom. The van der Waals surface area contributed by atoms with Gasteiger partial charge in [0.2, 0.25) is 0 Å². The number of hydrogen-bond acceptors (Lipinski definition) is 3. The van der Waals surface area contributed by atoms with Crippen LogP contribution >= 0.6 is 0 Å². The van der Waals surface area contributed by atoms with E-state index in [9.17, 15) is 13.5 Å². The molecule has 1 aliphatic carbocycles. The number of aliphatic hydroxyl groups is 1. The van der Waals surface area contributed by atoms with Crippen molar-refractivity contribution in [2.24, 2.45) is 5.92 Å². The highest BCUT2D eigenvalue weighted by molar-refractivity contribution is 7.87. The molecule has 2 aliphatic rings. The molecule has 5 nitrogen and oxygen atoms in total. The maximum absolute atomic E-state index is 12.3. The maximum Gasteiger partial charge on any atom is 0.280 e. The van der Waals surface area contributed by atoms with Gasteiger partial charge in [0.15, 0.2) is 0 Å². The van der Waals surface area contributed by atoms with Crippen molar-refractivity contribution in [1.82, 2.24) is 9.03 Å². The molecule has 0 aromatic heterocycles. The molecule has 0 bridgehead atoms. The Kier molecular flexibility index (Phi) is 4.31. The molecule has 2 fully saturated rings. The van der Waals surface area contributed by atoms with Crippen molar-refractivity contribution in [3.05, 3.63) is 0 Å². The molecule has 2 N–H and O–H groups in total. The van der Waals surface area contributed by atoms with Crippen LogP contribution in [0.2, 0.25) is 0 Å². The Bertz CT molecular complexity index is 369. The van der Waals surface area contributed by atoms with Gasteiger partial charge in [-0.3, -0.25) is 0 Å². The van der Waals surface area contributed by atoms with Gasteiger partial charge in [-0.25, -0.2) is 0 Å². The fourth-order valence-corrected chi connectivity index (χ4v) is 4.56. The van der Waals surface area contributed by atoms with E-state index in [0.29, 0.717) is 19.0 Å². The van der Waals surface area contributed by atoms with E-state index in [1.165, 1.54) is 4.31 Å². The standard InChI is InChI=1S/C12H24N2O3S/c1-11-4-6-12(10-15,7-5-11)13-18(16,17)14-8-2-3-9-14/h11,13,15H,2-10H2,1H3. The fourth-order valence-electron chi connectivity index (χ4n) is 2.87. The van der Waals surface area contributed by atoms with Crippen molar-refractivity contribution in [1.29, 1.82) is 0 Å². The molecule has 6 heteroatoms. The summed E-state index contributed by atoms with van der Waals surface area (Å²) in [7, 11) is -3.42. The molecule has 0 aromatic rings. The number of rotatable bonds is 4. The lowest BCUT2D eigenvalue weighted by atomic mass is 9.78. The average Bonchev–Trinajstić information content (AvgIpc) is 2.87. The quantitative estimate of drug-likeness (QED) is 0.800. The second-order valence-electron chi connectivity index (χ2n) is 5.83. The predicted octanol–water partition coefficient (Wildman–Crippen LogP) is 0.858. The maximum atomic E-state index is 12.3. The van der Waals surface area contributed by atoms with Crippen LogP contribution in [0, 0.1) is 5.92 Å². The van der Waals surface area contributed by atoms with Gasteiger partial charge in [0.05, 0.1) is 12.1 Å². The van der Waals surface area contributed by atoms with Gasteiger partial charge in [0.25, 0.3) is 10.2 Å². The third-order valence-electron chi connectivity index (χ3n) is 4.28. The molecule has 1 aliphatic heterocycles. The highest BCUT2D eigenvalue weighted by Crippen LogP contribution is 2.32. The van der Waals surface area contributed by atoms with E-state index in [1.54, 1.807) is 0 Å². The second-order valence-corrected chi connectivity index (χ2v) is 7.50. The van der Waals surface area contributed by atoms with Crippen LogP contribution in [0.4, 0.5) is 0 Å². The van der Waals surface area contributed by atoms with Gasteiger partial charge in [-0.05, 0) is 44.4 Å². The van der Waals surface area contributed by atoms with Crippen LogP contribution in [0.25, 0.3) is 0 Å². The van der Waals surface area contributed by atoms with Crippen molar-refractivity contribution < 1.29 is 13.5 Å². The number of aliphatic hydroxyl groups excluding tert-OH is 1. The monoisotopic (exact) mass is 276 g/mol. The lowest BCUT2D eigenvalue weighted by Crippen LogP contribution is -2.56. The molecule has 0 spiro atoms. The van der Waals surface area contributed by atoms with Gasteiger partial charge in [-0.15, -0.1) is 0 Å². The molecular weight excluding hydrogens is 252 g/mol. The van der Waals surface area contributed by atoms with E-state index in [4.69, 9.17) is 0 Å². The fraction of sp³-hybridized carbons (Fsp3) is 1.00. The zero-order valence-corrected chi connectivity index (χ0v) is 11.9. The third-order valence-corrected chi connectivity index (χ3v) is 6.02. The lowest BCUT2D eigenvalue weighted by molar-refractivity contribution is 0.124. The van der Waals surface area contributed by atoms with Crippen LogP contribution in [-0.4, -0.2) is 43.1 Å². The lowest BCUT2D eigenvalue weighted by Gasteiger charge is -2.39. The summed E-state index contributed by atoms with van der Waals surface area (Å²) in [6.45, 7) is 3.28. The molecule has 1 heterocycles. The molecule has 0 radical (unpaired) electrons. The van der Waals surface area contributed by atoms with Crippen molar-refractivity contribution in [2.75, 3.05) is 19.7 Å². The summed E-state index contributed by atoms with van der Waals surface area (Å²) in [6.07, 6.45) is 5.29. The molecule has 0 aromatic carbocycles. The summed E-state index contributed by atoms with van der Waals surface area (Å²) < 4.78 is 28.8. The highest BCUT2D eigenvalue weighted by atomic mass is 32.2. The van der Waals surface area contributed by atoms with Crippen molar-refractivity contribution in [3.63, 3.8) is 0 Å². The summed E-state index contributed by atoms with van der Waals surface area (Å²) >= 11 is 0.